The van der Waals surface area contributed by atoms with Gasteiger partial charge in [-0.15, -0.1) is 5.10 Å². The zero-order chi connectivity index (χ0) is 18.1. The molecule has 0 saturated carbocycles. The average Bonchev–Trinajstić information content (AvgIpc) is 3.10. The third kappa shape index (κ3) is 2.87. The summed E-state index contributed by atoms with van der Waals surface area (Å²) in [6, 6.07) is 9.62. The lowest BCUT2D eigenvalue weighted by atomic mass is 10.0. The highest BCUT2D eigenvalue weighted by atomic mass is 16.2. The van der Waals surface area contributed by atoms with Gasteiger partial charge in [-0.05, 0) is 38.3 Å². The molecule has 3 aromatic rings. The smallest absolute Gasteiger partial charge is 0.281 e. The lowest BCUT2D eigenvalue weighted by molar-refractivity contribution is -0.135. The molecule has 0 radical (unpaired) electrons. The number of fused-ring (bicyclic) bond motifs is 1. The maximum absolute atomic E-state index is 12.7. The summed E-state index contributed by atoms with van der Waals surface area (Å²) in [6.45, 7) is 2.68. The molecule has 8 nitrogen and oxygen atoms in total. The first-order chi connectivity index (χ1) is 12.6. The molecule has 1 fully saturated rings. The Bertz CT molecular complexity index is 994. The molecule has 1 aromatic carbocycles. The molecule has 2 aromatic heterocycles. The third-order valence-corrected chi connectivity index (χ3v) is 4.87. The minimum Gasteiger partial charge on any atom is -0.338 e. The van der Waals surface area contributed by atoms with Crippen LogP contribution < -0.4 is 5.56 Å². The van der Waals surface area contributed by atoms with Gasteiger partial charge in [0.2, 0.25) is 5.91 Å². The van der Waals surface area contributed by atoms with E-state index in [2.05, 4.69) is 15.4 Å². The van der Waals surface area contributed by atoms with Gasteiger partial charge in [0.05, 0.1) is 11.9 Å². The lowest BCUT2D eigenvalue weighted by Crippen LogP contribution is -2.45. The Morgan fingerprint density at radius 2 is 2.04 bits per heavy atom. The zero-order valence-corrected chi connectivity index (χ0v) is 14.6. The van der Waals surface area contributed by atoms with Gasteiger partial charge in [-0.1, -0.05) is 23.4 Å². The van der Waals surface area contributed by atoms with E-state index < -0.39 is 0 Å². The van der Waals surface area contributed by atoms with E-state index in [9.17, 15) is 9.59 Å². The molecule has 134 valence electrons. The van der Waals surface area contributed by atoms with Gasteiger partial charge < -0.3 is 4.90 Å². The van der Waals surface area contributed by atoms with Crippen LogP contribution in [0, 0.1) is 0 Å². The molecule has 0 N–H and O–H groups in total. The van der Waals surface area contributed by atoms with Crippen LogP contribution in [-0.4, -0.2) is 48.2 Å². The van der Waals surface area contributed by atoms with Crippen molar-refractivity contribution in [1.29, 1.82) is 0 Å². The molecule has 1 amide bonds. The molecule has 3 heterocycles. The van der Waals surface area contributed by atoms with Crippen molar-refractivity contribution in [1.82, 2.24) is 29.7 Å². The predicted octanol–water partition coefficient (Wildman–Crippen LogP) is 1.38. The van der Waals surface area contributed by atoms with E-state index in [0.29, 0.717) is 11.0 Å². The Morgan fingerprint density at radius 1 is 1.23 bits per heavy atom. The number of piperidine rings is 1. The van der Waals surface area contributed by atoms with Gasteiger partial charge in [0.25, 0.3) is 5.56 Å². The Hall–Kier alpha value is -3.03. The number of benzene rings is 1. The van der Waals surface area contributed by atoms with Crippen LogP contribution in [0.25, 0.3) is 16.7 Å². The second kappa shape index (κ2) is 6.70. The fourth-order valence-corrected chi connectivity index (χ4v) is 3.41. The van der Waals surface area contributed by atoms with Crippen LogP contribution in [0.15, 0.2) is 41.3 Å². The fourth-order valence-electron chi connectivity index (χ4n) is 3.41. The fraction of sp³-hybridized carbons (Fsp3) is 0.389. The van der Waals surface area contributed by atoms with Crippen LogP contribution in [-0.2, 0) is 11.3 Å². The van der Waals surface area contributed by atoms with Gasteiger partial charge in [-0.2, -0.15) is 5.10 Å². The maximum atomic E-state index is 12.7. The molecule has 1 saturated heterocycles. The van der Waals surface area contributed by atoms with E-state index in [1.54, 1.807) is 4.68 Å². The van der Waals surface area contributed by atoms with Gasteiger partial charge in [-0.3, -0.25) is 9.59 Å². The normalized spacial score (nSPS) is 17.6. The van der Waals surface area contributed by atoms with Crippen LogP contribution >= 0.6 is 0 Å². The topological polar surface area (TPSA) is 85.9 Å². The van der Waals surface area contributed by atoms with Crippen molar-refractivity contribution in [3.05, 3.63) is 46.9 Å². The highest BCUT2D eigenvalue weighted by Gasteiger charge is 2.24. The average molecular weight is 352 g/mol. The number of para-hydroxylation sites is 1. The molecule has 1 aliphatic heterocycles. The van der Waals surface area contributed by atoms with E-state index in [0.717, 1.165) is 36.2 Å². The summed E-state index contributed by atoms with van der Waals surface area (Å²) in [4.78, 5) is 27.1. The van der Waals surface area contributed by atoms with Crippen molar-refractivity contribution in [2.45, 2.75) is 38.8 Å². The molecular weight excluding hydrogens is 332 g/mol. The standard InChI is InChI=1S/C18H20N6O2/c1-13-7-5-6-10-22(13)16(25)12-23-18(26)15-11-19-24(17(15)20-21-23)14-8-3-2-4-9-14/h2-4,8-9,11,13H,5-7,10,12H2,1H3/t13-/m1/s1. The minimum absolute atomic E-state index is 0.0941. The van der Waals surface area contributed by atoms with E-state index in [1.807, 2.05) is 42.2 Å². The van der Waals surface area contributed by atoms with Gasteiger partial charge in [0.1, 0.15) is 11.9 Å². The molecule has 4 rings (SSSR count). The van der Waals surface area contributed by atoms with Crippen LogP contribution in [0.5, 0.6) is 0 Å². The predicted molar refractivity (Wildman–Crippen MR) is 95.9 cm³/mol. The molecule has 1 atom stereocenters. The highest BCUT2D eigenvalue weighted by Crippen LogP contribution is 2.17. The second-order valence-corrected chi connectivity index (χ2v) is 6.61. The van der Waals surface area contributed by atoms with Gasteiger partial charge in [0.15, 0.2) is 5.65 Å². The molecule has 0 aliphatic carbocycles. The SMILES string of the molecule is C[C@@H]1CCCCN1C(=O)Cn1nnc2c(cnn2-c2ccccc2)c1=O. The Balaban J connectivity index is 1.64. The van der Waals surface area contributed by atoms with Crippen LogP contribution in [0.2, 0.25) is 0 Å². The Morgan fingerprint density at radius 3 is 2.81 bits per heavy atom. The first-order valence-electron chi connectivity index (χ1n) is 8.81. The molecule has 26 heavy (non-hydrogen) atoms. The van der Waals surface area contributed by atoms with Crippen molar-refractivity contribution in [3.63, 3.8) is 0 Å². The largest absolute Gasteiger partial charge is 0.338 e. The van der Waals surface area contributed by atoms with Crippen molar-refractivity contribution in [3.8, 4) is 5.69 Å². The first kappa shape index (κ1) is 16.4. The number of rotatable bonds is 3. The summed E-state index contributed by atoms with van der Waals surface area (Å²) < 4.78 is 2.70. The number of nitrogens with zero attached hydrogens (tertiary/aromatic N) is 6. The summed E-state index contributed by atoms with van der Waals surface area (Å²) in [5.41, 5.74) is 0.832. The molecule has 8 heteroatoms. The quantitative estimate of drug-likeness (QED) is 0.711. The van der Waals surface area contributed by atoms with Gasteiger partial charge in [-0.25, -0.2) is 9.36 Å². The maximum Gasteiger partial charge on any atom is 0.281 e. The third-order valence-electron chi connectivity index (χ3n) is 4.87. The van der Waals surface area contributed by atoms with Crippen LogP contribution in [0.4, 0.5) is 0 Å². The monoisotopic (exact) mass is 352 g/mol. The summed E-state index contributed by atoms with van der Waals surface area (Å²) >= 11 is 0. The number of hydrogen-bond donors (Lipinski definition) is 0. The molecular formula is C18H20N6O2. The Labute approximate surface area is 150 Å². The molecule has 0 bridgehead atoms. The van der Waals surface area contributed by atoms with Crippen molar-refractivity contribution in [2.24, 2.45) is 0 Å². The molecule has 0 unspecified atom stereocenters. The summed E-state index contributed by atoms with van der Waals surface area (Å²) in [6.07, 6.45) is 4.61. The lowest BCUT2D eigenvalue weighted by Gasteiger charge is -2.33. The van der Waals surface area contributed by atoms with Crippen LogP contribution in [0.1, 0.15) is 26.2 Å². The number of carbonyl (C=O) groups is 1. The summed E-state index contributed by atoms with van der Waals surface area (Å²) in [5, 5.41) is 12.7. The van der Waals surface area contributed by atoms with Crippen molar-refractivity contribution in [2.75, 3.05) is 6.54 Å². The van der Waals surface area contributed by atoms with E-state index >= 15 is 0 Å². The number of amides is 1. The number of hydrogen-bond acceptors (Lipinski definition) is 5. The Kier molecular flexibility index (Phi) is 4.24. The summed E-state index contributed by atoms with van der Waals surface area (Å²) in [5.74, 6) is -0.0941. The second-order valence-electron chi connectivity index (χ2n) is 6.61. The van der Waals surface area contributed by atoms with Gasteiger partial charge >= 0.3 is 0 Å². The minimum atomic E-state index is -0.352. The van der Waals surface area contributed by atoms with Gasteiger partial charge in [0, 0.05) is 12.6 Å². The number of carbonyl (C=O) groups excluding carboxylic acids is 1. The molecule has 0 spiro atoms. The highest BCUT2D eigenvalue weighted by molar-refractivity contribution is 5.77. The zero-order valence-electron chi connectivity index (χ0n) is 14.6. The van der Waals surface area contributed by atoms with Crippen molar-refractivity contribution < 1.29 is 4.79 Å². The van der Waals surface area contributed by atoms with E-state index in [4.69, 9.17) is 0 Å². The first-order valence-corrected chi connectivity index (χ1v) is 8.81. The molecule has 1 aliphatic rings. The number of aromatic nitrogens is 5. The number of likely N-dealkylation sites (tertiary alicyclic amines) is 1. The van der Waals surface area contributed by atoms with Crippen LogP contribution in [0.3, 0.4) is 0 Å². The van der Waals surface area contributed by atoms with E-state index in [1.165, 1.54) is 6.20 Å². The summed E-state index contributed by atoms with van der Waals surface area (Å²) in [7, 11) is 0. The van der Waals surface area contributed by atoms with E-state index in [-0.39, 0.29) is 24.1 Å². The van der Waals surface area contributed by atoms with Crippen molar-refractivity contribution >= 4 is 16.9 Å².